The maximum absolute atomic E-state index is 12.4. The fraction of sp³-hybridized carbons (Fsp3) is 0.650. The number of carbonyl (C=O) groups excluding carboxylic acids is 1. The monoisotopic (exact) mass is 379 g/mol. The van der Waals surface area contributed by atoms with Crippen LogP contribution in [-0.2, 0) is 9.53 Å². The molecular formula is C20H30ClN3O2. The lowest BCUT2D eigenvalue weighted by atomic mass is 10.0. The number of ether oxygens (including phenoxy) is 1. The fourth-order valence-corrected chi connectivity index (χ4v) is 3.86. The van der Waals surface area contributed by atoms with E-state index < -0.39 is 0 Å². The van der Waals surface area contributed by atoms with E-state index in [4.69, 9.17) is 16.3 Å². The number of amides is 1. The second kappa shape index (κ2) is 9.70. The Kier molecular flexibility index (Phi) is 7.32. The smallest absolute Gasteiger partial charge is 0.222 e. The minimum atomic E-state index is 0.0846. The Morgan fingerprint density at radius 3 is 2.62 bits per heavy atom. The zero-order valence-corrected chi connectivity index (χ0v) is 16.4. The molecule has 26 heavy (non-hydrogen) atoms. The standard InChI is InChI=1S/C20H30ClN3O2/c1-23-9-11-24(12-10-23)19(16-5-7-17(21)8-6-16)15-22-20(25)14-18-4-2-3-13-26-18/h5-8,18-19H,2-4,9-15H2,1H3,(H,22,25). The van der Waals surface area contributed by atoms with Gasteiger partial charge in [0.15, 0.2) is 0 Å². The maximum atomic E-state index is 12.4. The molecule has 2 aliphatic heterocycles. The van der Waals surface area contributed by atoms with Crippen LogP contribution in [0.25, 0.3) is 0 Å². The molecule has 6 heteroatoms. The molecule has 0 aliphatic carbocycles. The number of likely N-dealkylation sites (N-methyl/N-ethyl adjacent to an activating group) is 1. The second-order valence-corrected chi connectivity index (χ2v) is 7.84. The molecule has 2 fully saturated rings. The van der Waals surface area contributed by atoms with Crippen molar-refractivity contribution in [2.75, 3.05) is 46.4 Å². The zero-order chi connectivity index (χ0) is 18.4. The molecule has 0 radical (unpaired) electrons. The van der Waals surface area contributed by atoms with E-state index in [0.29, 0.717) is 13.0 Å². The Hall–Kier alpha value is -1.14. The molecule has 5 nitrogen and oxygen atoms in total. The number of piperazine rings is 1. The average Bonchev–Trinajstić information content (AvgIpc) is 2.65. The van der Waals surface area contributed by atoms with E-state index >= 15 is 0 Å². The van der Waals surface area contributed by atoms with Gasteiger partial charge in [0.25, 0.3) is 0 Å². The van der Waals surface area contributed by atoms with Gasteiger partial charge in [0.05, 0.1) is 18.6 Å². The number of nitrogens with one attached hydrogen (secondary N) is 1. The second-order valence-electron chi connectivity index (χ2n) is 7.40. The van der Waals surface area contributed by atoms with Crippen molar-refractivity contribution in [3.8, 4) is 0 Å². The SMILES string of the molecule is CN1CCN(C(CNC(=O)CC2CCCCO2)c2ccc(Cl)cc2)CC1. The number of hydrogen-bond acceptors (Lipinski definition) is 4. The third-order valence-corrected chi connectivity index (χ3v) is 5.67. The van der Waals surface area contributed by atoms with Crippen LogP contribution in [0.15, 0.2) is 24.3 Å². The molecule has 2 saturated heterocycles. The van der Waals surface area contributed by atoms with Crippen molar-refractivity contribution in [1.29, 1.82) is 0 Å². The van der Waals surface area contributed by atoms with Gasteiger partial charge < -0.3 is 15.0 Å². The van der Waals surface area contributed by atoms with Crippen LogP contribution in [0.4, 0.5) is 0 Å². The summed E-state index contributed by atoms with van der Waals surface area (Å²) < 4.78 is 5.69. The molecule has 1 amide bonds. The van der Waals surface area contributed by atoms with Crippen molar-refractivity contribution in [2.24, 2.45) is 0 Å². The van der Waals surface area contributed by atoms with Crippen LogP contribution in [-0.4, -0.2) is 68.2 Å². The quantitative estimate of drug-likeness (QED) is 0.825. The van der Waals surface area contributed by atoms with Gasteiger partial charge >= 0.3 is 0 Å². The Balaban J connectivity index is 1.59. The highest BCUT2D eigenvalue weighted by Crippen LogP contribution is 2.23. The summed E-state index contributed by atoms with van der Waals surface area (Å²) in [5.41, 5.74) is 1.20. The van der Waals surface area contributed by atoms with Crippen LogP contribution in [0, 0.1) is 0 Å². The summed E-state index contributed by atoms with van der Waals surface area (Å²) in [6, 6.07) is 8.18. The van der Waals surface area contributed by atoms with E-state index in [1.165, 1.54) is 5.56 Å². The summed E-state index contributed by atoms with van der Waals surface area (Å²) in [7, 11) is 2.15. The van der Waals surface area contributed by atoms with Crippen LogP contribution >= 0.6 is 11.6 Å². The third kappa shape index (κ3) is 5.68. The topological polar surface area (TPSA) is 44.8 Å². The van der Waals surface area contributed by atoms with E-state index in [2.05, 4.69) is 34.3 Å². The first kappa shape index (κ1) is 19.6. The Labute approximate surface area is 161 Å². The van der Waals surface area contributed by atoms with Gasteiger partial charge in [0, 0.05) is 44.4 Å². The normalized spacial score (nSPS) is 23.5. The van der Waals surface area contributed by atoms with Crippen molar-refractivity contribution in [3.63, 3.8) is 0 Å². The zero-order valence-electron chi connectivity index (χ0n) is 15.6. The molecule has 2 aliphatic rings. The van der Waals surface area contributed by atoms with Gasteiger partial charge in [0.1, 0.15) is 0 Å². The minimum Gasteiger partial charge on any atom is -0.378 e. The molecule has 0 bridgehead atoms. The van der Waals surface area contributed by atoms with Gasteiger partial charge in [-0.25, -0.2) is 0 Å². The van der Waals surface area contributed by atoms with E-state index in [1.807, 2.05) is 12.1 Å². The highest BCUT2D eigenvalue weighted by atomic mass is 35.5. The number of rotatable bonds is 6. The van der Waals surface area contributed by atoms with Gasteiger partial charge in [-0.3, -0.25) is 9.69 Å². The molecule has 1 N–H and O–H groups in total. The van der Waals surface area contributed by atoms with Gasteiger partial charge in [-0.1, -0.05) is 23.7 Å². The number of carbonyl (C=O) groups is 1. The summed E-state index contributed by atoms with van der Waals surface area (Å²) in [6.07, 6.45) is 3.82. The lowest BCUT2D eigenvalue weighted by Crippen LogP contribution is -2.48. The molecule has 3 rings (SSSR count). The first-order valence-corrected chi connectivity index (χ1v) is 10.1. The predicted molar refractivity (Wildman–Crippen MR) is 104 cm³/mol. The van der Waals surface area contributed by atoms with E-state index in [0.717, 1.165) is 57.1 Å². The van der Waals surface area contributed by atoms with Gasteiger partial charge in [0.2, 0.25) is 5.91 Å². The van der Waals surface area contributed by atoms with E-state index in [-0.39, 0.29) is 18.1 Å². The summed E-state index contributed by atoms with van der Waals surface area (Å²) in [5.74, 6) is 0.0880. The molecule has 2 atom stereocenters. The van der Waals surface area contributed by atoms with Crippen LogP contribution in [0.1, 0.15) is 37.3 Å². The Bertz CT molecular complexity index is 567. The largest absolute Gasteiger partial charge is 0.378 e. The van der Waals surface area contributed by atoms with E-state index in [1.54, 1.807) is 0 Å². The number of benzene rings is 1. The van der Waals surface area contributed by atoms with Crippen LogP contribution in [0.3, 0.4) is 0 Å². The Morgan fingerprint density at radius 1 is 1.23 bits per heavy atom. The van der Waals surface area contributed by atoms with Crippen molar-refractivity contribution >= 4 is 17.5 Å². The Morgan fingerprint density at radius 2 is 1.96 bits per heavy atom. The molecule has 1 aromatic carbocycles. The first-order chi connectivity index (χ1) is 12.6. The molecule has 0 aromatic heterocycles. The molecule has 1 aromatic rings. The highest BCUT2D eigenvalue weighted by molar-refractivity contribution is 6.30. The van der Waals surface area contributed by atoms with Gasteiger partial charge in [-0.15, -0.1) is 0 Å². The van der Waals surface area contributed by atoms with Crippen LogP contribution < -0.4 is 5.32 Å². The third-order valence-electron chi connectivity index (χ3n) is 5.41. The van der Waals surface area contributed by atoms with E-state index in [9.17, 15) is 4.79 Å². The van der Waals surface area contributed by atoms with Crippen molar-refractivity contribution in [3.05, 3.63) is 34.9 Å². The lowest BCUT2D eigenvalue weighted by molar-refractivity contribution is -0.125. The first-order valence-electron chi connectivity index (χ1n) is 9.68. The summed E-state index contributed by atoms with van der Waals surface area (Å²) >= 11 is 6.05. The lowest BCUT2D eigenvalue weighted by Gasteiger charge is -2.38. The molecule has 2 unspecified atom stereocenters. The number of halogens is 1. The number of nitrogens with zero attached hydrogens (tertiary/aromatic N) is 2. The van der Waals surface area contributed by atoms with Gasteiger partial charge in [-0.2, -0.15) is 0 Å². The van der Waals surface area contributed by atoms with Crippen molar-refractivity contribution < 1.29 is 9.53 Å². The van der Waals surface area contributed by atoms with Crippen LogP contribution in [0.2, 0.25) is 5.02 Å². The number of hydrogen-bond donors (Lipinski definition) is 1. The van der Waals surface area contributed by atoms with Crippen molar-refractivity contribution in [2.45, 2.75) is 37.8 Å². The molecule has 144 valence electrons. The maximum Gasteiger partial charge on any atom is 0.222 e. The molecular weight excluding hydrogens is 350 g/mol. The fourth-order valence-electron chi connectivity index (χ4n) is 3.73. The van der Waals surface area contributed by atoms with Crippen LogP contribution in [0.5, 0.6) is 0 Å². The molecule has 0 saturated carbocycles. The molecule has 0 spiro atoms. The van der Waals surface area contributed by atoms with Gasteiger partial charge in [-0.05, 0) is 44.0 Å². The summed E-state index contributed by atoms with van der Waals surface area (Å²) in [6.45, 7) is 5.52. The molecule has 2 heterocycles. The predicted octanol–water partition coefficient (Wildman–Crippen LogP) is 2.70. The average molecular weight is 380 g/mol. The summed E-state index contributed by atoms with van der Waals surface area (Å²) in [5, 5.41) is 3.88. The van der Waals surface area contributed by atoms with Crippen molar-refractivity contribution in [1.82, 2.24) is 15.1 Å². The summed E-state index contributed by atoms with van der Waals surface area (Å²) in [4.78, 5) is 17.2. The highest BCUT2D eigenvalue weighted by Gasteiger charge is 2.25. The minimum absolute atomic E-state index is 0.0846.